The number of hydrogen-bond acceptors (Lipinski definition) is 7. The van der Waals surface area contributed by atoms with Gasteiger partial charge >= 0.3 is 6.01 Å². The van der Waals surface area contributed by atoms with Gasteiger partial charge in [0.05, 0.1) is 10.9 Å². The van der Waals surface area contributed by atoms with Gasteiger partial charge in [-0.2, -0.15) is 9.97 Å². The highest BCUT2D eigenvalue weighted by atomic mass is 19.1. The quantitative estimate of drug-likeness (QED) is 0.370. The predicted molar refractivity (Wildman–Crippen MR) is 154 cm³/mol. The summed E-state index contributed by atoms with van der Waals surface area (Å²) < 4.78 is 22.7. The van der Waals surface area contributed by atoms with Crippen LogP contribution in [0.15, 0.2) is 30.5 Å². The molecule has 2 saturated heterocycles. The Kier molecular flexibility index (Phi) is 6.96. The summed E-state index contributed by atoms with van der Waals surface area (Å²) in [7, 11) is 4.25. The molecule has 0 unspecified atom stereocenters. The van der Waals surface area contributed by atoms with Crippen molar-refractivity contribution in [1.82, 2.24) is 24.8 Å². The number of nitrogens with zero attached hydrogens (tertiary/aromatic N) is 5. The van der Waals surface area contributed by atoms with E-state index in [0.717, 1.165) is 56.4 Å². The predicted octanol–water partition coefficient (Wildman–Crippen LogP) is 5.86. The molecular weight excluding hydrogens is 491 g/mol. The van der Waals surface area contributed by atoms with Crippen LogP contribution >= 0.6 is 0 Å². The van der Waals surface area contributed by atoms with E-state index in [2.05, 4.69) is 53.0 Å². The van der Waals surface area contributed by atoms with Gasteiger partial charge in [0.1, 0.15) is 23.6 Å². The molecule has 3 fully saturated rings. The second-order valence-electron chi connectivity index (χ2n) is 12.3. The van der Waals surface area contributed by atoms with Crippen molar-refractivity contribution in [3.8, 4) is 17.3 Å². The third-order valence-corrected chi connectivity index (χ3v) is 9.60. The van der Waals surface area contributed by atoms with E-state index in [1.165, 1.54) is 19.3 Å². The Morgan fingerprint density at radius 3 is 2.46 bits per heavy atom. The standard InChI is InChI=1S/C31H41FN6O/c1-21(2)22-10-5-6-11-23(22)26-25(32)27-24(18-33-26)28(34-19-30(37(3)4)12-7-13-30)36-29(35-27)39-20-31-14-8-16-38(31)17-9-15-31/h5-6,10-11,18,21H,7-9,12-17,19-20H2,1-4H3,(H,34,35,36). The highest BCUT2D eigenvalue weighted by Gasteiger charge is 2.45. The van der Waals surface area contributed by atoms with Crippen LogP contribution in [0, 0.1) is 5.82 Å². The fraction of sp³-hybridized carbons (Fsp3) is 0.581. The summed E-state index contributed by atoms with van der Waals surface area (Å²) in [4.78, 5) is 18.9. The largest absolute Gasteiger partial charge is 0.461 e. The molecule has 0 spiro atoms. The van der Waals surface area contributed by atoms with Crippen LogP contribution in [0.1, 0.15) is 70.3 Å². The lowest BCUT2D eigenvalue weighted by atomic mass is 9.75. The summed E-state index contributed by atoms with van der Waals surface area (Å²) in [5.41, 5.74) is 2.58. The molecule has 1 aliphatic carbocycles. The van der Waals surface area contributed by atoms with Gasteiger partial charge in [-0.05, 0) is 83.6 Å². The molecule has 4 heterocycles. The maximum atomic E-state index is 16.3. The number of nitrogens with one attached hydrogen (secondary N) is 1. The van der Waals surface area contributed by atoms with E-state index < -0.39 is 5.82 Å². The van der Waals surface area contributed by atoms with E-state index in [1.807, 2.05) is 24.3 Å². The Labute approximate surface area is 231 Å². The first kappa shape index (κ1) is 26.4. The molecular formula is C31H41FN6O. The lowest BCUT2D eigenvalue weighted by Gasteiger charge is -2.47. The molecule has 1 aromatic carbocycles. The number of rotatable bonds is 9. The van der Waals surface area contributed by atoms with Gasteiger partial charge in [-0.1, -0.05) is 38.1 Å². The molecule has 39 heavy (non-hydrogen) atoms. The molecule has 0 bridgehead atoms. The van der Waals surface area contributed by atoms with Crippen molar-refractivity contribution in [2.24, 2.45) is 0 Å². The smallest absolute Gasteiger partial charge is 0.319 e. The maximum Gasteiger partial charge on any atom is 0.319 e. The van der Waals surface area contributed by atoms with Gasteiger partial charge in [-0.15, -0.1) is 0 Å². The molecule has 6 rings (SSSR count). The molecule has 7 nitrogen and oxygen atoms in total. The fourth-order valence-corrected chi connectivity index (χ4v) is 6.91. The Hall–Kier alpha value is -2.84. The molecule has 0 atom stereocenters. The molecule has 1 N–H and O–H groups in total. The van der Waals surface area contributed by atoms with Gasteiger partial charge in [0.2, 0.25) is 0 Å². The SMILES string of the molecule is CC(C)c1ccccc1-c1ncc2c(NCC3(N(C)C)CCC3)nc(OCC34CCCN3CCC4)nc2c1F. The van der Waals surface area contributed by atoms with Crippen molar-refractivity contribution in [3.05, 3.63) is 41.8 Å². The van der Waals surface area contributed by atoms with Crippen LogP contribution in [0.25, 0.3) is 22.2 Å². The molecule has 2 aromatic heterocycles. The van der Waals surface area contributed by atoms with Crippen LogP contribution in [0.4, 0.5) is 10.2 Å². The number of benzene rings is 1. The van der Waals surface area contributed by atoms with Crippen LogP contribution in [-0.4, -0.2) is 76.2 Å². The van der Waals surface area contributed by atoms with E-state index >= 15 is 4.39 Å². The molecule has 2 aliphatic heterocycles. The second kappa shape index (κ2) is 10.3. The Morgan fingerprint density at radius 1 is 1.05 bits per heavy atom. The van der Waals surface area contributed by atoms with Gasteiger partial charge < -0.3 is 15.0 Å². The number of anilines is 1. The highest BCUT2D eigenvalue weighted by molar-refractivity contribution is 5.91. The molecule has 1 saturated carbocycles. The summed E-state index contributed by atoms with van der Waals surface area (Å²) in [6, 6.07) is 8.14. The van der Waals surface area contributed by atoms with Gasteiger partial charge in [-0.3, -0.25) is 9.88 Å². The van der Waals surface area contributed by atoms with Crippen molar-refractivity contribution >= 4 is 16.7 Å². The third-order valence-electron chi connectivity index (χ3n) is 9.60. The minimum absolute atomic E-state index is 0.0605. The zero-order chi connectivity index (χ0) is 27.2. The van der Waals surface area contributed by atoms with Gasteiger partial charge in [-0.25, -0.2) is 4.39 Å². The topological polar surface area (TPSA) is 66.4 Å². The minimum atomic E-state index is -0.427. The first-order chi connectivity index (χ1) is 18.8. The second-order valence-corrected chi connectivity index (χ2v) is 12.3. The van der Waals surface area contributed by atoms with E-state index in [1.54, 1.807) is 6.20 Å². The molecule has 208 valence electrons. The number of likely N-dealkylation sites (N-methyl/N-ethyl adjacent to an activating group) is 1. The van der Waals surface area contributed by atoms with Gasteiger partial charge in [0, 0.05) is 23.8 Å². The lowest BCUT2D eigenvalue weighted by Crippen LogP contribution is -2.54. The number of fused-ring (bicyclic) bond motifs is 2. The molecule has 0 radical (unpaired) electrons. The van der Waals surface area contributed by atoms with Crippen molar-refractivity contribution in [2.45, 2.75) is 75.8 Å². The van der Waals surface area contributed by atoms with Gasteiger partial charge in [0.25, 0.3) is 0 Å². The zero-order valence-corrected chi connectivity index (χ0v) is 23.8. The summed E-state index contributed by atoms with van der Waals surface area (Å²) in [6.07, 6.45) is 9.83. The number of pyridine rings is 1. The van der Waals surface area contributed by atoms with Crippen LogP contribution in [0.2, 0.25) is 0 Å². The van der Waals surface area contributed by atoms with E-state index in [-0.39, 0.29) is 28.5 Å². The molecule has 3 aromatic rings. The highest BCUT2D eigenvalue weighted by Crippen LogP contribution is 2.40. The average Bonchev–Trinajstić information content (AvgIpc) is 3.48. The number of aromatic nitrogens is 3. The summed E-state index contributed by atoms with van der Waals surface area (Å²) >= 11 is 0. The third kappa shape index (κ3) is 4.65. The van der Waals surface area contributed by atoms with Gasteiger partial charge in [0.15, 0.2) is 5.82 Å². The summed E-state index contributed by atoms with van der Waals surface area (Å²) in [5.74, 6) is 0.401. The zero-order valence-electron chi connectivity index (χ0n) is 23.8. The van der Waals surface area contributed by atoms with E-state index in [4.69, 9.17) is 9.72 Å². The normalized spacial score (nSPS) is 20.0. The van der Waals surface area contributed by atoms with Crippen LogP contribution in [0.3, 0.4) is 0 Å². The lowest BCUT2D eigenvalue weighted by molar-refractivity contribution is 0.0738. The summed E-state index contributed by atoms with van der Waals surface area (Å²) in [5, 5.41) is 4.13. The molecule has 3 aliphatic rings. The monoisotopic (exact) mass is 532 g/mol. The number of hydrogen-bond donors (Lipinski definition) is 1. The number of ether oxygens (including phenoxy) is 1. The van der Waals surface area contributed by atoms with E-state index in [9.17, 15) is 0 Å². The van der Waals surface area contributed by atoms with Crippen molar-refractivity contribution in [2.75, 3.05) is 45.7 Å². The van der Waals surface area contributed by atoms with E-state index in [0.29, 0.717) is 23.5 Å². The Bertz CT molecular complexity index is 1340. The fourth-order valence-electron chi connectivity index (χ4n) is 6.91. The van der Waals surface area contributed by atoms with Crippen molar-refractivity contribution < 1.29 is 9.13 Å². The first-order valence-corrected chi connectivity index (χ1v) is 14.6. The first-order valence-electron chi connectivity index (χ1n) is 14.6. The van der Waals surface area contributed by atoms with Crippen LogP contribution in [-0.2, 0) is 0 Å². The Morgan fingerprint density at radius 2 is 1.79 bits per heavy atom. The average molecular weight is 533 g/mol. The van der Waals surface area contributed by atoms with Crippen molar-refractivity contribution in [3.63, 3.8) is 0 Å². The molecule has 8 heteroatoms. The van der Waals surface area contributed by atoms with Crippen LogP contribution < -0.4 is 10.1 Å². The minimum Gasteiger partial charge on any atom is -0.461 e. The molecule has 0 amide bonds. The number of halogens is 1. The Balaban J connectivity index is 1.39. The summed E-state index contributed by atoms with van der Waals surface area (Å²) in [6.45, 7) is 7.74. The maximum absolute atomic E-state index is 16.3. The van der Waals surface area contributed by atoms with Crippen LogP contribution in [0.5, 0.6) is 6.01 Å². The van der Waals surface area contributed by atoms with Crippen molar-refractivity contribution in [1.29, 1.82) is 0 Å².